The fourth-order valence-corrected chi connectivity index (χ4v) is 2.12. The Kier molecular flexibility index (Phi) is 4.40. The minimum absolute atomic E-state index is 0.329. The minimum Gasteiger partial charge on any atom is -0.240 e. The van der Waals surface area contributed by atoms with E-state index in [-0.39, 0.29) is 4.75 Å². The Hall–Kier alpha value is -1.46. The summed E-state index contributed by atoms with van der Waals surface area (Å²) in [6.45, 7) is 5.69. The maximum absolute atomic E-state index is 11.9. The zero-order chi connectivity index (χ0) is 14.8. The Morgan fingerprint density at radius 1 is 1.25 bits per heavy atom. The van der Waals surface area contributed by atoms with Crippen LogP contribution < -0.4 is 0 Å². The zero-order valence-corrected chi connectivity index (χ0v) is 13.3. The third-order valence-electron chi connectivity index (χ3n) is 2.57. The fourth-order valence-electron chi connectivity index (χ4n) is 1.43. The molecule has 1 unspecified atom stereocenters. The Balaban J connectivity index is 2.15. The third kappa shape index (κ3) is 3.77. The van der Waals surface area contributed by atoms with Crippen LogP contribution in [0.3, 0.4) is 0 Å². The molecule has 4 nitrogen and oxygen atoms in total. The number of nitrogens with zero attached hydrogens (tertiary/aromatic N) is 3. The van der Waals surface area contributed by atoms with E-state index in [1.807, 2.05) is 57.3 Å². The molecule has 2 aromatic rings. The number of thiol groups is 1. The average Bonchev–Trinajstić information content (AvgIpc) is 2.84. The van der Waals surface area contributed by atoms with Gasteiger partial charge < -0.3 is 0 Å². The molecule has 0 aliphatic heterocycles. The first kappa shape index (κ1) is 14.9. The van der Waals surface area contributed by atoms with Gasteiger partial charge in [0.15, 0.2) is 11.0 Å². The second-order valence-corrected chi connectivity index (χ2v) is 7.90. The lowest BCUT2D eigenvalue weighted by atomic mass is 10.3. The molecule has 106 valence electrons. The Morgan fingerprint density at radius 2 is 1.90 bits per heavy atom. The number of benzene rings is 1. The van der Waals surface area contributed by atoms with Crippen molar-refractivity contribution in [1.29, 1.82) is 0 Å². The molecule has 1 aromatic heterocycles. The van der Waals surface area contributed by atoms with Crippen LogP contribution in [0.2, 0.25) is 5.02 Å². The first-order valence-electron chi connectivity index (χ1n) is 6.19. The molecule has 2 rings (SSSR count). The summed E-state index contributed by atoms with van der Waals surface area (Å²) >= 11 is 5.85. The average molecular weight is 311 g/mol. The monoisotopic (exact) mass is 310 g/mol. The number of aromatic nitrogens is 2. The largest absolute Gasteiger partial charge is 0.240 e. The Labute approximate surface area is 126 Å². The van der Waals surface area contributed by atoms with Gasteiger partial charge in [0.1, 0.15) is 16.7 Å². The summed E-state index contributed by atoms with van der Waals surface area (Å²) < 4.78 is 17.3. The number of halogens is 1. The van der Waals surface area contributed by atoms with Crippen LogP contribution in [0.4, 0.5) is 0 Å². The maximum atomic E-state index is 11.9. The standard InChI is InChI=1S/C14H16ClN3OS/c1-14(2,3)20(19)16-10-12-8-9-18(17-12)13-6-4-11(15)5-7-13/h4-10H,1-3H3/p+1. The van der Waals surface area contributed by atoms with E-state index in [0.29, 0.717) is 10.7 Å². The molecular formula is C14H17ClN3OS+. The predicted molar refractivity (Wildman–Crippen MR) is 85.4 cm³/mol. The van der Waals surface area contributed by atoms with Gasteiger partial charge >= 0.3 is 0 Å². The molecule has 1 heterocycles. The molecule has 0 bridgehead atoms. The smallest absolute Gasteiger partial charge is 0.194 e. The summed E-state index contributed by atoms with van der Waals surface area (Å²) in [7, 11) is -1.64. The van der Waals surface area contributed by atoms with Gasteiger partial charge in [-0.3, -0.25) is 0 Å². The van der Waals surface area contributed by atoms with Gasteiger partial charge in [0.05, 0.1) is 5.69 Å². The number of hydrogen-bond donors (Lipinski definition) is 0. The van der Waals surface area contributed by atoms with Crippen molar-refractivity contribution < 1.29 is 4.21 Å². The van der Waals surface area contributed by atoms with E-state index in [9.17, 15) is 4.21 Å². The SMILES string of the molecule is CC(C)(C)[SH+](=O)N=Cc1ccn(-c2ccc(Cl)cc2)n1. The lowest BCUT2D eigenvalue weighted by molar-refractivity contribution is 0.576. The lowest BCUT2D eigenvalue weighted by Gasteiger charge is -2.05. The van der Waals surface area contributed by atoms with E-state index in [1.165, 1.54) is 0 Å². The van der Waals surface area contributed by atoms with Crippen LogP contribution in [0, 0.1) is 0 Å². The molecule has 0 saturated heterocycles. The van der Waals surface area contributed by atoms with Gasteiger partial charge in [0.25, 0.3) is 0 Å². The van der Waals surface area contributed by atoms with Gasteiger partial charge in [-0.25, -0.2) is 4.68 Å². The van der Waals surface area contributed by atoms with Crippen molar-refractivity contribution in [3.8, 4) is 5.69 Å². The minimum atomic E-state index is -1.64. The van der Waals surface area contributed by atoms with E-state index in [2.05, 4.69) is 9.50 Å². The van der Waals surface area contributed by atoms with Gasteiger partial charge in [0.2, 0.25) is 0 Å². The molecule has 0 aliphatic rings. The molecule has 1 aromatic carbocycles. The topological polar surface area (TPSA) is 47.2 Å². The molecule has 20 heavy (non-hydrogen) atoms. The molecule has 0 spiro atoms. The summed E-state index contributed by atoms with van der Waals surface area (Å²) in [6, 6.07) is 9.20. The van der Waals surface area contributed by atoms with Crippen LogP contribution in [-0.2, 0) is 15.2 Å². The highest BCUT2D eigenvalue weighted by molar-refractivity contribution is 7.85. The lowest BCUT2D eigenvalue weighted by Crippen LogP contribution is -2.19. The van der Waals surface area contributed by atoms with Crippen LogP contribution in [-0.4, -0.2) is 20.7 Å². The van der Waals surface area contributed by atoms with Crippen LogP contribution in [0.15, 0.2) is 40.9 Å². The second-order valence-electron chi connectivity index (χ2n) is 5.35. The van der Waals surface area contributed by atoms with E-state index in [4.69, 9.17) is 11.6 Å². The highest BCUT2D eigenvalue weighted by atomic mass is 35.5. The molecule has 0 N–H and O–H groups in total. The van der Waals surface area contributed by atoms with E-state index in [1.54, 1.807) is 10.9 Å². The molecule has 0 amide bonds. The summed E-state index contributed by atoms with van der Waals surface area (Å²) in [5.41, 5.74) is 1.59. The predicted octanol–water partition coefficient (Wildman–Crippen LogP) is 3.35. The molecule has 0 fully saturated rings. The van der Waals surface area contributed by atoms with Gasteiger partial charge in [-0.05, 0) is 51.1 Å². The second kappa shape index (κ2) is 5.89. The summed E-state index contributed by atoms with van der Waals surface area (Å²) in [5.74, 6) is 0. The van der Waals surface area contributed by atoms with Crippen molar-refractivity contribution in [3.05, 3.63) is 47.2 Å². The van der Waals surface area contributed by atoms with Crippen LogP contribution in [0.5, 0.6) is 0 Å². The Bertz CT molecular complexity index is 641. The van der Waals surface area contributed by atoms with Crippen LogP contribution in [0.25, 0.3) is 5.69 Å². The van der Waals surface area contributed by atoms with Gasteiger partial charge in [-0.2, -0.15) is 5.10 Å². The van der Waals surface area contributed by atoms with Gasteiger partial charge in [-0.15, -0.1) is 0 Å². The molecule has 1 atom stereocenters. The molecule has 0 aliphatic carbocycles. The van der Waals surface area contributed by atoms with Gasteiger partial charge in [-0.1, -0.05) is 20.2 Å². The summed E-state index contributed by atoms with van der Waals surface area (Å²) in [5, 5.41) is 5.04. The first-order valence-corrected chi connectivity index (χ1v) is 7.78. The van der Waals surface area contributed by atoms with Crippen molar-refractivity contribution in [2.75, 3.05) is 0 Å². The summed E-state index contributed by atoms with van der Waals surface area (Å²) in [4.78, 5) is 0. The number of hydrogen-bond acceptors (Lipinski definition) is 2. The van der Waals surface area contributed by atoms with E-state index < -0.39 is 11.0 Å². The quantitative estimate of drug-likeness (QED) is 0.496. The molecule has 0 saturated carbocycles. The van der Waals surface area contributed by atoms with Crippen LogP contribution in [0.1, 0.15) is 26.5 Å². The molecule has 0 radical (unpaired) electrons. The van der Waals surface area contributed by atoms with Crippen molar-refractivity contribution in [3.63, 3.8) is 0 Å². The highest BCUT2D eigenvalue weighted by Gasteiger charge is 2.24. The van der Waals surface area contributed by atoms with Crippen molar-refractivity contribution in [2.45, 2.75) is 25.5 Å². The van der Waals surface area contributed by atoms with E-state index in [0.717, 1.165) is 5.69 Å². The molecular weight excluding hydrogens is 294 g/mol. The fraction of sp³-hybridized carbons (Fsp3) is 0.286. The normalized spacial score (nSPS) is 13.8. The first-order chi connectivity index (χ1) is 9.36. The maximum Gasteiger partial charge on any atom is 0.194 e. The molecule has 6 heteroatoms. The van der Waals surface area contributed by atoms with Crippen LogP contribution >= 0.6 is 11.6 Å². The van der Waals surface area contributed by atoms with Gasteiger partial charge in [0, 0.05) is 11.2 Å². The van der Waals surface area contributed by atoms with Crippen molar-refractivity contribution in [1.82, 2.24) is 9.78 Å². The number of rotatable bonds is 3. The third-order valence-corrected chi connectivity index (χ3v) is 4.29. The van der Waals surface area contributed by atoms with Crippen molar-refractivity contribution in [2.24, 2.45) is 4.40 Å². The Morgan fingerprint density at radius 3 is 2.50 bits per heavy atom. The summed E-state index contributed by atoms with van der Waals surface area (Å²) in [6.07, 6.45) is 3.38. The zero-order valence-electron chi connectivity index (χ0n) is 11.6. The van der Waals surface area contributed by atoms with E-state index >= 15 is 0 Å². The van der Waals surface area contributed by atoms with Crippen molar-refractivity contribution >= 4 is 28.8 Å². The highest BCUT2D eigenvalue weighted by Crippen LogP contribution is 2.14.